The molecule has 17 heavy (non-hydrogen) atoms. The number of anilines is 1. The fraction of sp³-hybridized carbons (Fsp3) is 0.700. The Hall–Kier alpha value is -1.08. The summed E-state index contributed by atoms with van der Waals surface area (Å²) >= 11 is 0. The Balaban J connectivity index is 2.12. The highest BCUT2D eigenvalue weighted by atomic mass is 32.2. The summed E-state index contributed by atoms with van der Waals surface area (Å²) in [5, 5.41) is 2.99. The van der Waals surface area contributed by atoms with Crippen LogP contribution in [0.3, 0.4) is 0 Å². The molecule has 1 atom stereocenters. The smallest absolute Gasteiger partial charge is 0.297 e. The molecule has 1 aromatic heterocycles. The van der Waals surface area contributed by atoms with Crippen LogP contribution in [0.5, 0.6) is 0 Å². The van der Waals surface area contributed by atoms with Crippen LogP contribution in [0.25, 0.3) is 0 Å². The van der Waals surface area contributed by atoms with E-state index in [0.717, 1.165) is 5.69 Å². The molecule has 1 aliphatic heterocycles. The quantitative estimate of drug-likeness (QED) is 0.824. The fourth-order valence-corrected chi connectivity index (χ4v) is 3.53. The molecule has 7 heteroatoms. The van der Waals surface area contributed by atoms with E-state index in [4.69, 9.17) is 4.42 Å². The molecule has 0 spiro atoms. The van der Waals surface area contributed by atoms with Crippen LogP contribution in [-0.2, 0) is 16.4 Å². The van der Waals surface area contributed by atoms with Crippen LogP contribution in [0.15, 0.2) is 10.7 Å². The molecule has 1 saturated heterocycles. The molecule has 1 aliphatic rings. The molecule has 1 unspecified atom stereocenters. The predicted octanol–water partition coefficient (Wildman–Crippen LogP) is 0.0173. The maximum atomic E-state index is 11.5. The molecule has 1 aromatic rings. The van der Waals surface area contributed by atoms with Crippen LogP contribution in [0, 0.1) is 0 Å². The van der Waals surface area contributed by atoms with Gasteiger partial charge in [0.2, 0.25) is 0 Å². The second-order valence-corrected chi connectivity index (χ2v) is 6.54. The molecule has 0 radical (unpaired) electrons. The summed E-state index contributed by atoms with van der Waals surface area (Å²) in [7, 11) is -1.06. The van der Waals surface area contributed by atoms with Crippen molar-refractivity contribution in [3.05, 3.63) is 12.0 Å². The summed E-state index contributed by atoms with van der Waals surface area (Å²) in [6, 6.07) is 0.424. The predicted molar refractivity (Wildman–Crippen MR) is 64.7 cm³/mol. The van der Waals surface area contributed by atoms with Crippen molar-refractivity contribution in [1.29, 1.82) is 0 Å². The molecular formula is C10H17N3O3S. The zero-order chi connectivity index (χ0) is 12.5. The fourth-order valence-electron chi connectivity index (χ4n) is 1.97. The monoisotopic (exact) mass is 259 g/mol. The highest BCUT2D eigenvalue weighted by molar-refractivity contribution is 7.91. The summed E-state index contributed by atoms with van der Waals surface area (Å²) in [5.41, 5.74) is 0.822. The first-order chi connectivity index (χ1) is 8.02. The Morgan fingerprint density at radius 2 is 2.41 bits per heavy atom. The molecular weight excluding hydrogens is 242 g/mol. The maximum absolute atomic E-state index is 11.5. The van der Waals surface area contributed by atoms with Gasteiger partial charge in [0.1, 0.15) is 6.26 Å². The number of nitrogens with zero attached hydrogens (tertiary/aromatic N) is 2. The van der Waals surface area contributed by atoms with E-state index < -0.39 is 9.84 Å². The standard InChI is InChI=1S/C10H17N3O3S/c1-8-7-17(14,15)4-3-13(8)10-12-9(5-11-2)6-16-10/h6,8,11H,3-5,7H2,1-2H3. The van der Waals surface area contributed by atoms with Crippen molar-refractivity contribution in [3.8, 4) is 0 Å². The minimum atomic E-state index is -2.90. The Kier molecular flexibility index (Phi) is 3.39. The molecule has 0 saturated carbocycles. The van der Waals surface area contributed by atoms with Crippen molar-refractivity contribution in [2.45, 2.75) is 19.5 Å². The highest BCUT2D eigenvalue weighted by Crippen LogP contribution is 2.20. The molecule has 2 rings (SSSR count). The molecule has 0 aliphatic carbocycles. The zero-order valence-electron chi connectivity index (χ0n) is 10.0. The number of aromatic nitrogens is 1. The van der Waals surface area contributed by atoms with Crippen LogP contribution in [0.2, 0.25) is 0 Å². The van der Waals surface area contributed by atoms with Gasteiger partial charge in [-0.3, -0.25) is 0 Å². The first-order valence-corrected chi connectivity index (χ1v) is 7.40. The normalized spacial score (nSPS) is 23.9. The van der Waals surface area contributed by atoms with Crippen LogP contribution >= 0.6 is 0 Å². The van der Waals surface area contributed by atoms with E-state index in [9.17, 15) is 8.42 Å². The molecule has 0 bridgehead atoms. The minimum absolute atomic E-state index is 0.0881. The van der Waals surface area contributed by atoms with Gasteiger partial charge in [-0.25, -0.2) is 8.42 Å². The van der Waals surface area contributed by atoms with E-state index in [1.165, 1.54) is 0 Å². The van der Waals surface area contributed by atoms with Gasteiger partial charge in [-0.2, -0.15) is 4.98 Å². The first kappa shape index (κ1) is 12.4. The van der Waals surface area contributed by atoms with Gasteiger partial charge in [-0.1, -0.05) is 0 Å². The van der Waals surface area contributed by atoms with Crippen LogP contribution in [0.1, 0.15) is 12.6 Å². The van der Waals surface area contributed by atoms with Gasteiger partial charge in [0, 0.05) is 19.1 Å². The van der Waals surface area contributed by atoms with Crippen molar-refractivity contribution < 1.29 is 12.8 Å². The van der Waals surface area contributed by atoms with Gasteiger partial charge in [-0.15, -0.1) is 0 Å². The molecule has 0 aromatic carbocycles. The lowest BCUT2D eigenvalue weighted by atomic mass is 10.3. The Bertz CT molecular complexity index is 483. The molecule has 96 valence electrons. The molecule has 6 nitrogen and oxygen atoms in total. The van der Waals surface area contributed by atoms with Crippen molar-refractivity contribution in [2.24, 2.45) is 0 Å². The first-order valence-electron chi connectivity index (χ1n) is 5.58. The van der Waals surface area contributed by atoms with Gasteiger partial charge in [0.15, 0.2) is 9.84 Å². The SMILES string of the molecule is CNCc1coc(N2CCS(=O)(=O)CC2C)n1. The van der Waals surface area contributed by atoms with Gasteiger partial charge >= 0.3 is 0 Å². The van der Waals surface area contributed by atoms with Gasteiger partial charge < -0.3 is 14.6 Å². The van der Waals surface area contributed by atoms with Crippen molar-refractivity contribution in [3.63, 3.8) is 0 Å². The van der Waals surface area contributed by atoms with E-state index >= 15 is 0 Å². The van der Waals surface area contributed by atoms with Crippen LogP contribution in [0.4, 0.5) is 6.01 Å². The van der Waals surface area contributed by atoms with Crippen LogP contribution < -0.4 is 10.2 Å². The third-order valence-electron chi connectivity index (χ3n) is 2.81. The third-order valence-corrected chi connectivity index (χ3v) is 4.61. The highest BCUT2D eigenvalue weighted by Gasteiger charge is 2.30. The van der Waals surface area contributed by atoms with Crippen molar-refractivity contribution in [2.75, 3.05) is 30.0 Å². The van der Waals surface area contributed by atoms with E-state index in [-0.39, 0.29) is 17.5 Å². The lowest BCUT2D eigenvalue weighted by molar-refractivity contribution is 0.503. The Morgan fingerprint density at radius 1 is 1.65 bits per heavy atom. The zero-order valence-corrected chi connectivity index (χ0v) is 10.8. The summed E-state index contributed by atoms with van der Waals surface area (Å²) < 4.78 is 28.3. The molecule has 1 N–H and O–H groups in total. The summed E-state index contributed by atoms with van der Waals surface area (Å²) in [6.07, 6.45) is 1.60. The molecule has 2 heterocycles. The van der Waals surface area contributed by atoms with E-state index in [0.29, 0.717) is 19.1 Å². The number of oxazole rings is 1. The average Bonchev–Trinajstić information content (AvgIpc) is 2.65. The second kappa shape index (κ2) is 4.66. The molecule has 0 amide bonds. The lowest BCUT2D eigenvalue weighted by Gasteiger charge is -2.31. The summed E-state index contributed by atoms with van der Waals surface area (Å²) in [4.78, 5) is 6.23. The number of hydrogen-bond acceptors (Lipinski definition) is 6. The number of sulfone groups is 1. The number of hydrogen-bond donors (Lipinski definition) is 1. The molecule has 1 fully saturated rings. The summed E-state index contributed by atoms with van der Waals surface area (Å²) in [6.45, 7) is 2.96. The number of nitrogens with one attached hydrogen (secondary N) is 1. The van der Waals surface area contributed by atoms with Gasteiger partial charge in [0.05, 0.1) is 17.2 Å². The third kappa shape index (κ3) is 2.78. The van der Waals surface area contributed by atoms with E-state index in [2.05, 4.69) is 10.3 Å². The van der Waals surface area contributed by atoms with Crippen LogP contribution in [-0.4, -0.2) is 44.5 Å². The Morgan fingerprint density at radius 3 is 3.06 bits per heavy atom. The van der Waals surface area contributed by atoms with Gasteiger partial charge in [0.25, 0.3) is 6.01 Å². The summed E-state index contributed by atoms with van der Waals surface area (Å²) in [5.74, 6) is 0.331. The number of rotatable bonds is 3. The van der Waals surface area contributed by atoms with Crippen molar-refractivity contribution in [1.82, 2.24) is 10.3 Å². The van der Waals surface area contributed by atoms with Crippen molar-refractivity contribution >= 4 is 15.9 Å². The Labute approximate surface area is 101 Å². The second-order valence-electron chi connectivity index (χ2n) is 4.31. The topological polar surface area (TPSA) is 75.4 Å². The van der Waals surface area contributed by atoms with E-state index in [1.807, 2.05) is 18.9 Å². The largest absolute Gasteiger partial charge is 0.432 e. The maximum Gasteiger partial charge on any atom is 0.297 e. The lowest BCUT2D eigenvalue weighted by Crippen LogP contribution is -2.47. The van der Waals surface area contributed by atoms with E-state index in [1.54, 1.807) is 6.26 Å². The average molecular weight is 259 g/mol. The van der Waals surface area contributed by atoms with Gasteiger partial charge in [-0.05, 0) is 14.0 Å². The minimum Gasteiger partial charge on any atom is -0.432 e.